The van der Waals surface area contributed by atoms with Crippen LogP contribution in [0.4, 0.5) is 5.13 Å². The fourth-order valence-electron chi connectivity index (χ4n) is 2.25. The number of nitrogens with zero attached hydrogens (tertiary/aromatic N) is 2. The van der Waals surface area contributed by atoms with Gasteiger partial charge in [-0.05, 0) is 30.2 Å². The molecule has 0 saturated carbocycles. The van der Waals surface area contributed by atoms with Crippen molar-refractivity contribution in [2.24, 2.45) is 0 Å². The molecule has 1 aromatic carbocycles. The zero-order chi connectivity index (χ0) is 18.0. The second-order valence-corrected chi connectivity index (χ2v) is 8.29. The van der Waals surface area contributed by atoms with E-state index >= 15 is 0 Å². The second-order valence-electron chi connectivity index (χ2n) is 5.37. The van der Waals surface area contributed by atoms with Crippen LogP contribution in [0.15, 0.2) is 40.9 Å². The number of benzene rings is 1. The van der Waals surface area contributed by atoms with Crippen LogP contribution in [-0.4, -0.2) is 28.7 Å². The lowest BCUT2D eigenvalue weighted by Crippen LogP contribution is -2.14. The Morgan fingerprint density at radius 2 is 2.24 bits per heavy atom. The average Bonchev–Trinajstić information content (AvgIpc) is 3.21. The number of H-pyrrole nitrogens is 1. The number of aromatic amines is 1. The van der Waals surface area contributed by atoms with Crippen LogP contribution in [0, 0.1) is 6.92 Å². The van der Waals surface area contributed by atoms with Gasteiger partial charge in [0.05, 0.1) is 16.8 Å². The normalized spacial score (nSPS) is 12.9. The molecule has 2 heterocycles. The minimum absolute atomic E-state index is 0.0932. The summed E-state index contributed by atoms with van der Waals surface area (Å²) in [6.45, 7) is 1.64. The number of aliphatic hydroxyl groups excluding tert-OH is 1. The van der Waals surface area contributed by atoms with Gasteiger partial charge in [-0.15, -0.1) is 11.3 Å². The summed E-state index contributed by atoms with van der Waals surface area (Å²) in [7, 11) is -3.81. The molecule has 0 spiro atoms. The first-order valence-electron chi connectivity index (χ1n) is 7.26. The minimum atomic E-state index is -3.81. The van der Waals surface area contributed by atoms with Crippen molar-refractivity contribution >= 4 is 38.1 Å². The van der Waals surface area contributed by atoms with Gasteiger partial charge in [0.1, 0.15) is 6.10 Å². The standard InChI is InChI=1S/C15H15ClN4O3S2/c1-9-11(16)3-2-4-14(9)25(22,23)20-15-19-12(8-24-15)13(21)5-10-6-17-18-7-10/h2-4,6-8,13,21H,5H2,1H3,(H,17,18)(H,19,20). The molecule has 0 fully saturated rings. The van der Waals surface area contributed by atoms with E-state index in [1.807, 2.05) is 0 Å². The maximum Gasteiger partial charge on any atom is 0.263 e. The number of rotatable bonds is 6. The van der Waals surface area contributed by atoms with Gasteiger partial charge in [-0.3, -0.25) is 9.82 Å². The lowest BCUT2D eigenvalue weighted by molar-refractivity contribution is 0.174. The SMILES string of the molecule is Cc1c(Cl)cccc1S(=O)(=O)Nc1nc(C(O)Cc2cn[nH]c2)cs1. The summed E-state index contributed by atoms with van der Waals surface area (Å²) in [6, 6.07) is 4.68. The number of halogens is 1. The molecular weight excluding hydrogens is 384 g/mol. The Morgan fingerprint density at radius 3 is 2.96 bits per heavy atom. The predicted molar refractivity (Wildman–Crippen MR) is 96.4 cm³/mol. The van der Waals surface area contributed by atoms with Crippen molar-refractivity contribution in [3.63, 3.8) is 0 Å². The molecule has 7 nitrogen and oxygen atoms in total. The van der Waals surface area contributed by atoms with Crippen LogP contribution in [-0.2, 0) is 16.4 Å². The van der Waals surface area contributed by atoms with Crippen molar-refractivity contribution in [2.75, 3.05) is 4.72 Å². The molecule has 1 unspecified atom stereocenters. The van der Waals surface area contributed by atoms with Crippen molar-refractivity contribution in [1.82, 2.24) is 15.2 Å². The molecule has 1 atom stereocenters. The Labute approximate surface area is 153 Å². The molecule has 0 amide bonds. The number of anilines is 1. The summed E-state index contributed by atoms with van der Waals surface area (Å²) in [4.78, 5) is 4.26. The van der Waals surface area contributed by atoms with Gasteiger partial charge in [0.15, 0.2) is 5.13 Å². The van der Waals surface area contributed by atoms with E-state index in [0.717, 1.165) is 16.9 Å². The van der Waals surface area contributed by atoms with E-state index in [2.05, 4.69) is 19.9 Å². The van der Waals surface area contributed by atoms with Gasteiger partial charge in [-0.1, -0.05) is 17.7 Å². The molecular formula is C15H15ClN4O3S2. The van der Waals surface area contributed by atoms with Crippen LogP contribution in [0.5, 0.6) is 0 Å². The lowest BCUT2D eigenvalue weighted by Gasteiger charge is -2.09. The molecule has 3 aromatic rings. The van der Waals surface area contributed by atoms with Crippen molar-refractivity contribution in [3.8, 4) is 0 Å². The van der Waals surface area contributed by atoms with Gasteiger partial charge < -0.3 is 5.11 Å². The third kappa shape index (κ3) is 4.01. The van der Waals surface area contributed by atoms with Crippen LogP contribution in [0.25, 0.3) is 0 Å². The fourth-order valence-corrected chi connectivity index (χ4v) is 4.76. The Kier molecular flexibility index (Phi) is 5.09. The number of sulfonamides is 1. The Morgan fingerprint density at radius 1 is 1.44 bits per heavy atom. The summed E-state index contributed by atoms with van der Waals surface area (Å²) in [6.07, 6.45) is 2.78. The zero-order valence-electron chi connectivity index (χ0n) is 13.1. The zero-order valence-corrected chi connectivity index (χ0v) is 15.5. The number of hydrogen-bond acceptors (Lipinski definition) is 6. The molecule has 3 rings (SSSR count). The summed E-state index contributed by atoms with van der Waals surface area (Å²) in [5.74, 6) is 0. The van der Waals surface area contributed by atoms with Crippen LogP contribution in [0.3, 0.4) is 0 Å². The minimum Gasteiger partial charge on any atom is -0.386 e. The molecule has 3 N–H and O–H groups in total. The maximum absolute atomic E-state index is 12.5. The first-order chi connectivity index (χ1) is 11.9. The molecule has 0 bridgehead atoms. The average molecular weight is 399 g/mol. The van der Waals surface area contributed by atoms with E-state index < -0.39 is 16.1 Å². The monoisotopic (exact) mass is 398 g/mol. The highest BCUT2D eigenvalue weighted by Crippen LogP contribution is 2.28. The van der Waals surface area contributed by atoms with Gasteiger partial charge in [0.2, 0.25) is 0 Å². The Balaban J connectivity index is 1.77. The van der Waals surface area contributed by atoms with Gasteiger partial charge in [-0.25, -0.2) is 13.4 Å². The van der Waals surface area contributed by atoms with E-state index in [-0.39, 0.29) is 10.0 Å². The molecule has 0 aliphatic heterocycles. The number of hydrogen-bond donors (Lipinski definition) is 3. The van der Waals surface area contributed by atoms with Gasteiger partial charge in [0.25, 0.3) is 10.0 Å². The summed E-state index contributed by atoms with van der Waals surface area (Å²) in [5.41, 5.74) is 1.69. The highest BCUT2D eigenvalue weighted by molar-refractivity contribution is 7.93. The maximum atomic E-state index is 12.5. The second kappa shape index (κ2) is 7.12. The highest BCUT2D eigenvalue weighted by Gasteiger charge is 2.21. The quantitative estimate of drug-likeness (QED) is 0.591. The molecule has 0 aliphatic rings. The van der Waals surface area contributed by atoms with E-state index in [0.29, 0.717) is 22.7 Å². The third-order valence-electron chi connectivity index (χ3n) is 3.58. The van der Waals surface area contributed by atoms with Crippen LogP contribution in [0.1, 0.15) is 22.9 Å². The van der Waals surface area contributed by atoms with Crippen molar-refractivity contribution in [1.29, 1.82) is 0 Å². The Bertz CT molecular complexity index is 971. The number of thiazole rings is 1. The van der Waals surface area contributed by atoms with Crippen LogP contribution < -0.4 is 4.72 Å². The fraction of sp³-hybridized carbons (Fsp3) is 0.200. The van der Waals surface area contributed by atoms with Crippen molar-refractivity contribution in [3.05, 3.63) is 57.8 Å². The topological polar surface area (TPSA) is 108 Å². The molecule has 25 heavy (non-hydrogen) atoms. The number of aliphatic hydroxyl groups is 1. The predicted octanol–water partition coefficient (Wildman–Crippen LogP) is 2.90. The van der Waals surface area contributed by atoms with Gasteiger partial charge in [-0.2, -0.15) is 5.10 Å². The van der Waals surface area contributed by atoms with E-state index in [1.165, 1.54) is 6.07 Å². The highest BCUT2D eigenvalue weighted by atomic mass is 35.5. The first kappa shape index (κ1) is 17.9. The number of aromatic nitrogens is 3. The van der Waals surface area contributed by atoms with E-state index in [1.54, 1.807) is 36.8 Å². The summed E-state index contributed by atoms with van der Waals surface area (Å²) in [5, 5.41) is 18.9. The summed E-state index contributed by atoms with van der Waals surface area (Å²) >= 11 is 7.09. The van der Waals surface area contributed by atoms with Crippen LogP contribution in [0.2, 0.25) is 5.02 Å². The van der Waals surface area contributed by atoms with Gasteiger partial charge in [0, 0.05) is 23.0 Å². The molecule has 0 radical (unpaired) electrons. The molecule has 0 saturated heterocycles. The van der Waals surface area contributed by atoms with Crippen molar-refractivity contribution in [2.45, 2.75) is 24.3 Å². The smallest absolute Gasteiger partial charge is 0.263 e. The third-order valence-corrected chi connectivity index (χ3v) is 6.37. The Hall–Kier alpha value is -1.94. The van der Waals surface area contributed by atoms with Gasteiger partial charge >= 0.3 is 0 Å². The van der Waals surface area contributed by atoms with E-state index in [9.17, 15) is 13.5 Å². The largest absolute Gasteiger partial charge is 0.386 e. The van der Waals surface area contributed by atoms with Crippen LogP contribution >= 0.6 is 22.9 Å². The molecule has 0 aliphatic carbocycles. The summed E-state index contributed by atoms with van der Waals surface area (Å²) < 4.78 is 27.5. The molecule has 2 aromatic heterocycles. The first-order valence-corrected chi connectivity index (χ1v) is 10.00. The molecule has 132 valence electrons. The number of nitrogens with one attached hydrogen (secondary N) is 2. The van der Waals surface area contributed by atoms with E-state index in [4.69, 9.17) is 11.6 Å². The lowest BCUT2D eigenvalue weighted by atomic mass is 10.1. The molecule has 10 heteroatoms. The van der Waals surface area contributed by atoms with Crippen molar-refractivity contribution < 1.29 is 13.5 Å².